The zero-order valence-corrected chi connectivity index (χ0v) is 15.3. The number of Topliss-reactive ketones (excluding diaryl/α,β-unsaturated/α-hetero) is 2. The summed E-state index contributed by atoms with van der Waals surface area (Å²) in [6, 6.07) is 0. The van der Waals surface area contributed by atoms with E-state index in [0.29, 0.717) is 28.5 Å². The highest BCUT2D eigenvalue weighted by molar-refractivity contribution is 8.36. The zero-order chi connectivity index (χ0) is 17.2. The number of ketones is 2. The van der Waals surface area contributed by atoms with Gasteiger partial charge < -0.3 is 5.32 Å². The summed E-state index contributed by atoms with van der Waals surface area (Å²) in [5.74, 6) is 2.16. The number of anilines is 1. The van der Waals surface area contributed by atoms with Crippen LogP contribution in [-0.4, -0.2) is 40.7 Å². The molecule has 1 atom stereocenters. The molecule has 1 N–H and O–H groups in total. The van der Waals surface area contributed by atoms with E-state index in [-0.39, 0.29) is 17.5 Å². The van der Waals surface area contributed by atoms with Crippen molar-refractivity contribution in [1.82, 2.24) is 4.98 Å². The number of fused-ring (bicyclic) bond motifs is 1. The van der Waals surface area contributed by atoms with E-state index >= 15 is 0 Å². The standard InChI is InChI=1S/C16H20N2O3S2/c1-5-23(3,4)9-8-13(20)11-6-7-12-15(14(11)21)22-16(18-12)17-10(2)19/h11H,5-7H2,1-4H3,(H,17,18,19). The quantitative estimate of drug-likeness (QED) is 0.670. The van der Waals surface area contributed by atoms with Gasteiger partial charge in [-0.05, 0) is 42.3 Å². The van der Waals surface area contributed by atoms with E-state index in [0.717, 1.165) is 17.1 Å². The van der Waals surface area contributed by atoms with Crippen LogP contribution in [0.25, 0.3) is 0 Å². The number of carbonyl (C=O) groups is 3. The largest absolute Gasteiger partial charge is 0.302 e. The number of nitrogens with zero attached hydrogens (tertiary/aromatic N) is 1. The number of thiazole rings is 1. The molecule has 0 aromatic carbocycles. The Labute approximate surface area is 141 Å². The number of hydrogen-bond donors (Lipinski definition) is 1. The average molecular weight is 352 g/mol. The topological polar surface area (TPSA) is 76.1 Å². The van der Waals surface area contributed by atoms with Crippen molar-refractivity contribution in [3.05, 3.63) is 10.6 Å². The van der Waals surface area contributed by atoms with E-state index in [1.807, 2.05) is 6.92 Å². The van der Waals surface area contributed by atoms with Crippen molar-refractivity contribution in [2.75, 3.05) is 23.6 Å². The molecule has 2 rings (SSSR count). The summed E-state index contributed by atoms with van der Waals surface area (Å²) in [6.07, 6.45) is 5.09. The molecule has 0 saturated heterocycles. The molecule has 0 aliphatic heterocycles. The molecule has 124 valence electrons. The van der Waals surface area contributed by atoms with E-state index in [1.54, 1.807) is 0 Å². The Morgan fingerprint density at radius 2 is 2.13 bits per heavy atom. The number of amides is 1. The summed E-state index contributed by atoms with van der Waals surface area (Å²) in [4.78, 5) is 40.6. The molecule has 1 aromatic rings. The summed E-state index contributed by atoms with van der Waals surface area (Å²) in [7, 11) is -1.09. The molecule has 1 unspecified atom stereocenters. The number of aromatic nitrogens is 1. The first-order valence-corrected chi connectivity index (χ1v) is 10.8. The predicted octanol–water partition coefficient (Wildman–Crippen LogP) is 2.46. The van der Waals surface area contributed by atoms with Crippen molar-refractivity contribution < 1.29 is 14.4 Å². The predicted molar refractivity (Wildman–Crippen MR) is 95.3 cm³/mol. The molecule has 0 saturated carbocycles. The van der Waals surface area contributed by atoms with Gasteiger partial charge in [-0.3, -0.25) is 14.4 Å². The first-order chi connectivity index (χ1) is 10.7. The van der Waals surface area contributed by atoms with Crippen molar-refractivity contribution in [3.63, 3.8) is 0 Å². The Morgan fingerprint density at radius 1 is 1.43 bits per heavy atom. The van der Waals surface area contributed by atoms with Crippen LogP contribution in [0.5, 0.6) is 0 Å². The van der Waals surface area contributed by atoms with Gasteiger partial charge in [0, 0.05) is 6.92 Å². The molecule has 1 aliphatic rings. The zero-order valence-electron chi connectivity index (χ0n) is 13.7. The minimum Gasteiger partial charge on any atom is -0.302 e. The summed E-state index contributed by atoms with van der Waals surface area (Å²) < 4.78 is 0. The van der Waals surface area contributed by atoms with E-state index in [4.69, 9.17) is 0 Å². The normalized spacial score (nSPS) is 17.7. The van der Waals surface area contributed by atoms with Gasteiger partial charge in [0.05, 0.1) is 16.5 Å². The van der Waals surface area contributed by atoms with Crippen LogP contribution in [0.1, 0.15) is 35.6 Å². The molecule has 0 radical (unpaired) electrons. The van der Waals surface area contributed by atoms with Crippen LogP contribution in [0.4, 0.5) is 5.13 Å². The van der Waals surface area contributed by atoms with Crippen molar-refractivity contribution in [3.8, 4) is 11.2 Å². The average Bonchev–Trinajstić information content (AvgIpc) is 2.88. The first-order valence-electron chi connectivity index (χ1n) is 7.32. The molecule has 0 spiro atoms. The molecule has 5 nitrogen and oxygen atoms in total. The maximum atomic E-state index is 12.5. The fourth-order valence-electron chi connectivity index (χ4n) is 2.09. The third kappa shape index (κ3) is 4.21. The maximum Gasteiger partial charge on any atom is 0.223 e. The second-order valence-corrected chi connectivity index (χ2v) is 10.7. The molecule has 1 heterocycles. The lowest BCUT2D eigenvalue weighted by Gasteiger charge is -2.21. The minimum absolute atomic E-state index is 0.219. The second kappa shape index (κ2) is 6.85. The third-order valence-corrected chi connectivity index (χ3v) is 6.80. The minimum atomic E-state index is -1.09. The van der Waals surface area contributed by atoms with E-state index < -0.39 is 15.9 Å². The molecule has 0 bridgehead atoms. The highest BCUT2D eigenvalue weighted by atomic mass is 32.3. The summed E-state index contributed by atoms with van der Waals surface area (Å²) in [5.41, 5.74) is 0.667. The van der Waals surface area contributed by atoms with Gasteiger partial charge in [-0.15, -0.1) is 0 Å². The first kappa shape index (κ1) is 17.7. The lowest BCUT2D eigenvalue weighted by Crippen LogP contribution is -2.27. The Hall–Kier alpha value is -1.65. The Kier molecular flexibility index (Phi) is 5.27. The molecule has 1 aliphatic carbocycles. The summed E-state index contributed by atoms with van der Waals surface area (Å²) >= 11 is 1.13. The molecule has 1 aromatic heterocycles. The van der Waals surface area contributed by atoms with Crippen molar-refractivity contribution in [2.24, 2.45) is 5.92 Å². The van der Waals surface area contributed by atoms with E-state index in [9.17, 15) is 14.4 Å². The van der Waals surface area contributed by atoms with Gasteiger partial charge in [0.1, 0.15) is 0 Å². The van der Waals surface area contributed by atoms with Crippen molar-refractivity contribution in [1.29, 1.82) is 0 Å². The van der Waals surface area contributed by atoms with Gasteiger partial charge in [0.2, 0.25) is 11.7 Å². The highest BCUT2D eigenvalue weighted by Gasteiger charge is 2.35. The van der Waals surface area contributed by atoms with E-state index in [2.05, 4.69) is 34.0 Å². The van der Waals surface area contributed by atoms with Gasteiger partial charge in [-0.2, -0.15) is 10.0 Å². The number of carbonyl (C=O) groups excluding carboxylic acids is 3. The number of rotatable bonds is 3. The van der Waals surface area contributed by atoms with Crippen LogP contribution in [0.15, 0.2) is 0 Å². The van der Waals surface area contributed by atoms with Crippen molar-refractivity contribution in [2.45, 2.75) is 26.7 Å². The molecule has 7 heteroatoms. The van der Waals surface area contributed by atoms with Crippen molar-refractivity contribution >= 4 is 44.0 Å². The van der Waals surface area contributed by atoms with Gasteiger partial charge in [0.15, 0.2) is 10.9 Å². The SMILES string of the molecule is CCS(C)(C)C#CC(=O)C1CCc2nc(NC(C)=O)sc2C1=O. The van der Waals surface area contributed by atoms with E-state index in [1.165, 1.54) is 6.92 Å². The third-order valence-electron chi connectivity index (χ3n) is 3.68. The van der Waals surface area contributed by atoms with Gasteiger partial charge in [0.25, 0.3) is 0 Å². The fraction of sp³-hybridized carbons (Fsp3) is 0.500. The molecule has 1 amide bonds. The number of hydrogen-bond acceptors (Lipinski definition) is 5. The Morgan fingerprint density at radius 3 is 2.74 bits per heavy atom. The maximum absolute atomic E-state index is 12.5. The fourth-order valence-corrected chi connectivity index (χ4v) is 3.66. The molecular weight excluding hydrogens is 332 g/mol. The number of aryl methyl sites for hydroxylation is 1. The van der Waals surface area contributed by atoms with Crippen LogP contribution < -0.4 is 5.32 Å². The number of nitrogens with one attached hydrogen (secondary N) is 1. The monoisotopic (exact) mass is 352 g/mol. The van der Waals surface area contributed by atoms with Gasteiger partial charge in [-0.25, -0.2) is 4.98 Å². The van der Waals surface area contributed by atoms with Crippen LogP contribution in [0.2, 0.25) is 0 Å². The van der Waals surface area contributed by atoms with Gasteiger partial charge in [-0.1, -0.05) is 18.3 Å². The Bertz CT molecular complexity index is 725. The highest BCUT2D eigenvalue weighted by Crippen LogP contribution is 2.37. The lowest BCUT2D eigenvalue weighted by molar-refractivity contribution is -0.116. The second-order valence-electron chi connectivity index (χ2n) is 5.85. The smallest absolute Gasteiger partial charge is 0.223 e. The van der Waals surface area contributed by atoms with Crippen LogP contribution in [0.3, 0.4) is 0 Å². The molecule has 0 fully saturated rings. The van der Waals surface area contributed by atoms with Crippen LogP contribution in [-0.2, 0) is 16.0 Å². The molecular formula is C16H20N2O3S2. The Balaban J connectivity index is 2.19. The summed E-state index contributed by atoms with van der Waals surface area (Å²) in [5, 5.41) is 6.04. The van der Waals surface area contributed by atoms with Crippen LogP contribution in [0, 0.1) is 17.1 Å². The van der Waals surface area contributed by atoms with Gasteiger partial charge >= 0.3 is 0 Å². The summed E-state index contributed by atoms with van der Waals surface area (Å²) in [6.45, 7) is 3.44. The lowest BCUT2D eigenvalue weighted by atomic mass is 9.87. The van der Waals surface area contributed by atoms with Crippen LogP contribution >= 0.6 is 21.4 Å². The molecule has 23 heavy (non-hydrogen) atoms.